The monoisotopic (exact) mass is 735 g/mol. The van der Waals surface area contributed by atoms with Crippen LogP contribution in [0.1, 0.15) is 32.9 Å². The second-order valence-electron chi connectivity index (χ2n) is 8.02. The van der Waals surface area contributed by atoms with E-state index in [-0.39, 0.29) is 66.7 Å². The summed E-state index contributed by atoms with van der Waals surface area (Å²) in [5.74, 6) is -1.92. The zero-order chi connectivity index (χ0) is 30.8. The number of aromatic nitrogens is 9. The Labute approximate surface area is 305 Å². The number of aromatic amines is 1. The zero-order valence-electron chi connectivity index (χ0n) is 26.6. The Kier molecular flexibility index (Phi) is 18.3. The van der Waals surface area contributed by atoms with Crippen molar-refractivity contribution in [3.05, 3.63) is 72.9 Å². The number of aromatic carboxylic acids is 1. The summed E-state index contributed by atoms with van der Waals surface area (Å²) in [7, 11) is 6.32. The molecule has 0 saturated heterocycles. The molecule has 0 aliphatic rings. The van der Waals surface area contributed by atoms with E-state index in [1.807, 2.05) is 22.7 Å². The second-order valence-corrected chi connectivity index (χ2v) is 8.02. The number of carboxylic acid groups (broad SMARTS) is 1. The number of fused-ring (bicyclic) bond motifs is 3. The molecule has 0 aliphatic carbocycles. The summed E-state index contributed by atoms with van der Waals surface area (Å²) in [4.78, 5) is 61.5. The molecule has 6 rings (SSSR count). The van der Waals surface area contributed by atoms with Gasteiger partial charge in [-0.1, -0.05) is 22.6 Å². The third-order valence-corrected chi connectivity index (χ3v) is 5.64. The molecule has 3 N–H and O–H groups in total. The molecule has 0 atom stereocenters. The van der Waals surface area contributed by atoms with Gasteiger partial charge in [-0.15, -0.1) is 0 Å². The average molecular weight is 735 g/mol. The molecule has 16 nitrogen and oxygen atoms in total. The van der Waals surface area contributed by atoms with Crippen molar-refractivity contribution in [3.8, 4) is 0 Å². The molecule has 0 aliphatic heterocycles. The third kappa shape index (κ3) is 9.77. The van der Waals surface area contributed by atoms with E-state index in [4.69, 9.17) is 5.11 Å². The van der Waals surface area contributed by atoms with Gasteiger partial charge in [0.05, 0.1) is 30.4 Å². The van der Waals surface area contributed by atoms with Crippen molar-refractivity contribution in [3.63, 3.8) is 0 Å². The van der Waals surface area contributed by atoms with Gasteiger partial charge in [-0.05, 0) is 23.1 Å². The summed E-state index contributed by atoms with van der Waals surface area (Å²) in [5, 5.41) is 10.7. The fourth-order valence-corrected chi connectivity index (χ4v) is 3.72. The Morgan fingerprint density at radius 1 is 0.756 bits per heavy atom. The van der Waals surface area contributed by atoms with Gasteiger partial charge in [0.1, 0.15) is 35.9 Å². The molecule has 6 aromatic heterocycles. The Bertz CT molecular complexity index is 1870. The van der Waals surface area contributed by atoms with Crippen LogP contribution in [0.15, 0.2) is 55.8 Å². The molecule has 0 spiro atoms. The number of halogens is 1. The summed E-state index contributed by atoms with van der Waals surface area (Å²) in [6.45, 7) is 0. The van der Waals surface area contributed by atoms with Crippen LogP contribution in [0.2, 0.25) is 0 Å². The van der Waals surface area contributed by atoms with E-state index < -0.39 is 17.9 Å². The van der Waals surface area contributed by atoms with Crippen LogP contribution >= 0.6 is 22.6 Å². The number of nitrogens with zero attached hydrogens (tertiary/aromatic N) is 8. The molecule has 6 heterocycles. The number of carboxylic acids is 1. The summed E-state index contributed by atoms with van der Waals surface area (Å²) in [5.41, 5.74) is 2.63. The van der Waals surface area contributed by atoms with E-state index in [1.54, 1.807) is 42.2 Å². The van der Waals surface area contributed by atoms with E-state index >= 15 is 0 Å². The van der Waals surface area contributed by atoms with Crippen molar-refractivity contribution in [1.82, 2.24) is 44.0 Å². The topological polar surface area (TPSA) is 223 Å². The van der Waals surface area contributed by atoms with Crippen molar-refractivity contribution in [2.45, 2.75) is 0 Å². The van der Waals surface area contributed by atoms with E-state index in [2.05, 4.69) is 67.0 Å². The number of H-pyrrole nitrogens is 1. The molecule has 0 bridgehead atoms. The SMILES string of the molecule is CI.COC(=O)c1ncnc2[nH]ccc12.COC(=O)c1ncnc2c1ccn2C.Cn1ccc2c(C(=O)O)ncnc21.[H-].[Li+].[Na+].[OH-]. The van der Waals surface area contributed by atoms with Crippen LogP contribution in [0.5, 0.6) is 0 Å². The van der Waals surface area contributed by atoms with Gasteiger partial charge < -0.3 is 35.6 Å². The largest absolute Gasteiger partial charge is 1.00 e. The van der Waals surface area contributed by atoms with Gasteiger partial charge in [0, 0.05) is 32.7 Å². The standard InChI is InChI=1S/C9H9N3O2.2C8H7N3O2.CH3I.Li.Na.H2O.H/c1-12-4-3-6-7(9(13)14-2)10-5-11-8(6)12;1-11-3-2-5-6(8(12)13)9-4-10-7(5)11;1-13-8(12)6-5-2-3-9-7(5)11-4-10-6;1-2;;;;/h3-5H,1-2H3;2-4H,1H3,(H,12,13);2-4H,1H3,(H,9,10,11);1H3;;;1H2;/q;;;;2*+1;;-1/p-1. The van der Waals surface area contributed by atoms with E-state index in [0.29, 0.717) is 33.1 Å². The van der Waals surface area contributed by atoms with Gasteiger partial charge in [0.25, 0.3) is 0 Å². The summed E-state index contributed by atoms with van der Waals surface area (Å²) in [6, 6.07) is 5.22. The third-order valence-electron chi connectivity index (χ3n) is 5.64. The van der Waals surface area contributed by atoms with Crippen LogP contribution in [0.3, 0.4) is 0 Å². The number of rotatable bonds is 3. The van der Waals surface area contributed by atoms with Crippen molar-refractivity contribution in [1.29, 1.82) is 0 Å². The minimum absolute atomic E-state index is 0. The number of hydrogen-bond donors (Lipinski definition) is 2. The number of methoxy groups -OCH3 is 2. The van der Waals surface area contributed by atoms with E-state index in [9.17, 15) is 14.4 Å². The number of ether oxygens (including phenoxy) is 2. The molecule has 0 fully saturated rings. The van der Waals surface area contributed by atoms with Crippen molar-refractivity contribution in [2.75, 3.05) is 19.2 Å². The minimum Gasteiger partial charge on any atom is -1.00 e. The van der Waals surface area contributed by atoms with Crippen LogP contribution in [-0.4, -0.2) is 91.7 Å². The molecular formula is C26H28ILiN9NaO7. The van der Waals surface area contributed by atoms with Gasteiger partial charge >= 0.3 is 66.3 Å². The predicted molar refractivity (Wildman–Crippen MR) is 164 cm³/mol. The number of esters is 2. The Hall–Kier alpha value is -3.44. The first-order chi connectivity index (χ1) is 20.3. The number of hydrogen-bond acceptors (Lipinski definition) is 12. The Morgan fingerprint density at radius 3 is 1.64 bits per heavy atom. The van der Waals surface area contributed by atoms with Crippen molar-refractivity contribution in [2.24, 2.45) is 14.1 Å². The van der Waals surface area contributed by atoms with Gasteiger partial charge in [-0.3, -0.25) is 0 Å². The number of alkyl halides is 1. The summed E-state index contributed by atoms with van der Waals surface area (Å²) >= 11 is 2.15. The van der Waals surface area contributed by atoms with E-state index in [0.717, 1.165) is 5.65 Å². The quantitative estimate of drug-likeness (QED) is 0.0811. The van der Waals surface area contributed by atoms with Crippen LogP contribution in [0.4, 0.5) is 0 Å². The van der Waals surface area contributed by atoms with Crippen LogP contribution in [0, 0.1) is 0 Å². The first-order valence-electron chi connectivity index (χ1n) is 11.8. The molecule has 45 heavy (non-hydrogen) atoms. The van der Waals surface area contributed by atoms with Gasteiger partial charge in [-0.25, -0.2) is 44.3 Å². The summed E-state index contributed by atoms with van der Waals surface area (Å²) < 4.78 is 12.8. The summed E-state index contributed by atoms with van der Waals surface area (Å²) in [6.07, 6.45) is 9.22. The fourth-order valence-electron chi connectivity index (χ4n) is 3.72. The minimum atomic E-state index is -1.03. The van der Waals surface area contributed by atoms with E-state index in [1.165, 1.54) is 33.2 Å². The normalized spacial score (nSPS) is 9.38. The maximum absolute atomic E-state index is 11.3. The van der Waals surface area contributed by atoms with Gasteiger partial charge in [0.2, 0.25) is 0 Å². The van der Waals surface area contributed by atoms with Crippen LogP contribution in [-0.2, 0) is 23.6 Å². The predicted octanol–water partition coefficient (Wildman–Crippen LogP) is -2.84. The fraction of sp³-hybridized carbons (Fsp3) is 0.192. The van der Waals surface area contributed by atoms with Crippen molar-refractivity contribution >= 4 is 73.6 Å². The van der Waals surface area contributed by atoms with Crippen LogP contribution < -0.4 is 48.4 Å². The first kappa shape index (κ1) is 41.6. The molecule has 19 heteroatoms. The Balaban J connectivity index is 0. The number of carbonyl (C=O) groups is 3. The zero-order valence-corrected chi connectivity index (χ0v) is 29.7. The first-order valence-corrected chi connectivity index (χ1v) is 14.0. The number of aryl methyl sites for hydroxylation is 2. The number of nitrogens with one attached hydrogen (secondary N) is 1. The average Bonchev–Trinajstić information content (AvgIpc) is 3.76. The number of carbonyl (C=O) groups excluding carboxylic acids is 2. The van der Waals surface area contributed by atoms with Crippen molar-refractivity contribution < 1.29 is 84.3 Å². The maximum Gasteiger partial charge on any atom is 1.00 e. The second kappa shape index (κ2) is 19.8. The smallest absolute Gasteiger partial charge is 1.00 e. The molecule has 0 unspecified atom stereocenters. The molecule has 228 valence electrons. The van der Waals surface area contributed by atoms with Crippen LogP contribution in [0.25, 0.3) is 33.1 Å². The molecular weight excluding hydrogens is 707 g/mol. The van der Waals surface area contributed by atoms with Gasteiger partial charge in [-0.2, -0.15) is 0 Å². The Morgan fingerprint density at radius 2 is 1.18 bits per heavy atom. The molecule has 0 saturated carbocycles. The molecule has 0 radical (unpaired) electrons. The molecule has 0 aromatic carbocycles. The van der Waals surface area contributed by atoms with Gasteiger partial charge in [0.15, 0.2) is 17.1 Å². The maximum atomic E-state index is 11.3. The molecule has 0 amide bonds. The molecule has 6 aromatic rings.